The van der Waals surface area contributed by atoms with E-state index in [0.29, 0.717) is 19.4 Å². The number of carboxylic acids is 1. The van der Waals surface area contributed by atoms with Crippen molar-refractivity contribution in [3.8, 4) is 0 Å². The van der Waals surface area contributed by atoms with Gasteiger partial charge >= 0.3 is 5.97 Å². The number of aryl methyl sites for hydroxylation is 2. The Labute approximate surface area is 121 Å². The SMILES string of the molecule is CCn1nc(C)c(Br)c1CC1(C(=O)O)CCCOC1. The molecule has 1 atom stereocenters. The summed E-state index contributed by atoms with van der Waals surface area (Å²) in [6.07, 6.45) is 1.91. The van der Waals surface area contributed by atoms with E-state index < -0.39 is 11.4 Å². The van der Waals surface area contributed by atoms with E-state index in [1.807, 2.05) is 18.5 Å². The summed E-state index contributed by atoms with van der Waals surface area (Å²) in [5, 5.41) is 14.0. The minimum absolute atomic E-state index is 0.280. The molecule has 1 fully saturated rings. The summed E-state index contributed by atoms with van der Waals surface area (Å²) in [5.74, 6) is -0.777. The molecule has 0 aromatic carbocycles. The van der Waals surface area contributed by atoms with Crippen LogP contribution >= 0.6 is 15.9 Å². The van der Waals surface area contributed by atoms with Crippen molar-refractivity contribution in [3.05, 3.63) is 15.9 Å². The molecule has 0 amide bonds. The van der Waals surface area contributed by atoms with E-state index in [1.165, 1.54) is 0 Å². The van der Waals surface area contributed by atoms with Crippen LogP contribution in [0.15, 0.2) is 4.47 Å². The number of rotatable bonds is 4. The summed E-state index contributed by atoms with van der Waals surface area (Å²) < 4.78 is 8.20. The predicted octanol–water partition coefficient (Wildman–Crippen LogP) is 2.40. The number of nitrogens with zero attached hydrogens (tertiary/aromatic N) is 2. The van der Waals surface area contributed by atoms with E-state index in [0.717, 1.165) is 28.8 Å². The molecule has 19 heavy (non-hydrogen) atoms. The number of carboxylic acid groups (broad SMARTS) is 1. The highest BCUT2D eigenvalue weighted by Gasteiger charge is 2.42. The Kier molecular flexibility index (Phi) is 4.30. The normalized spacial score (nSPS) is 23.5. The van der Waals surface area contributed by atoms with Gasteiger partial charge in [0.25, 0.3) is 0 Å². The van der Waals surface area contributed by atoms with E-state index in [2.05, 4.69) is 21.0 Å². The Bertz CT molecular complexity index is 478. The quantitative estimate of drug-likeness (QED) is 0.920. The molecule has 1 aromatic rings. The molecule has 1 aromatic heterocycles. The molecule has 6 heteroatoms. The Morgan fingerprint density at radius 3 is 2.89 bits per heavy atom. The Balaban J connectivity index is 2.34. The molecule has 0 bridgehead atoms. The zero-order valence-electron chi connectivity index (χ0n) is 11.3. The van der Waals surface area contributed by atoms with Gasteiger partial charge in [0.15, 0.2) is 0 Å². The highest BCUT2D eigenvalue weighted by atomic mass is 79.9. The lowest BCUT2D eigenvalue weighted by molar-refractivity contribution is -0.157. The number of hydrogen-bond donors (Lipinski definition) is 1. The van der Waals surface area contributed by atoms with Crippen LogP contribution in [0.2, 0.25) is 0 Å². The fourth-order valence-corrected chi connectivity index (χ4v) is 3.02. The Hall–Kier alpha value is -0.880. The summed E-state index contributed by atoms with van der Waals surface area (Å²) in [4.78, 5) is 11.7. The van der Waals surface area contributed by atoms with Gasteiger partial charge in [0, 0.05) is 19.6 Å². The average Bonchev–Trinajstić information content (AvgIpc) is 2.67. The lowest BCUT2D eigenvalue weighted by Gasteiger charge is -2.33. The van der Waals surface area contributed by atoms with Crippen molar-refractivity contribution in [1.82, 2.24) is 9.78 Å². The van der Waals surface area contributed by atoms with Crippen molar-refractivity contribution in [3.63, 3.8) is 0 Å². The maximum absolute atomic E-state index is 11.7. The van der Waals surface area contributed by atoms with Gasteiger partial charge in [-0.25, -0.2) is 0 Å². The summed E-state index contributed by atoms with van der Waals surface area (Å²) in [5.41, 5.74) is 1.03. The number of aliphatic carboxylic acids is 1. The van der Waals surface area contributed by atoms with E-state index in [1.54, 1.807) is 0 Å². The first-order valence-electron chi connectivity index (χ1n) is 6.53. The molecule has 0 aliphatic carbocycles. The van der Waals surface area contributed by atoms with E-state index in [9.17, 15) is 9.90 Å². The fourth-order valence-electron chi connectivity index (χ4n) is 2.59. The third-order valence-corrected chi connectivity index (χ3v) is 4.77. The third-order valence-electron chi connectivity index (χ3n) is 3.73. The predicted molar refractivity (Wildman–Crippen MR) is 74.2 cm³/mol. The van der Waals surface area contributed by atoms with Crippen LogP contribution in [0, 0.1) is 12.3 Å². The molecule has 1 aliphatic heterocycles. The molecule has 1 saturated heterocycles. The van der Waals surface area contributed by atoms with Gasteiger partial charge in [-0.1, -0.05) is 0 Å². The van der Waals surface area contributed by atoms with Gasteiger partial charge in [-0.05, 0) is 42.6 Å². The van der Waals surface area contributed by atoms with Crippen LogP contribution in [0.25, 0.3) is 0 Å². The maximum atomic E-state index is 11.7. The Morgan fingerprint density at radius 1 is 1.63 bits per heavy atom. The molecular weight excluding hydrogens is 312 g/mol. The van der Waals surface area contributed by atoms with Crippen molar-refractivity contribution in [2.75, 3.05) is 13.2 Å². The molecule has 106 valence electrons. The van der Waals surface area contributed by atoms with Crippen molar-refractivity contribution < 1.29 is 14.6 Å². The summed E-state index contributed by atoms with van der Waals surface area (Å²) in [6.45, 7) is 5.60. The van der Waals surface area contributed by atoms with Gasteiger partial charge < -0.3 is 9.84 Å². The minimum atomic E-state index is -0.819. The molecule has 5 nitrogen and oxygen atoms in total. The maximum Gasteiger partial charge on any atom is 0.312 e. The second-order valence-corrected chi connectivity index (χ2v) is 5.87. The van der Waals surface area contributed by atoms with Crippen LogP contribution in [0.3, 0.4) is 0 Å². The van der Waals surface area contributed by atoms with Crippen LogP contribution < -0.4 is 0 Å². The largest absolute Gasteiger partial charge is 0.481 e. The standard InChI is InChI=1S/C13H19BrN2O3/c1-3-16-10(11(14)9(2)15-16)7-13(12(17)18)5-4-6-19-8-13/h3-8H2,1-2H3,(H,17,18). The second-order valence-electron chi connectivity index (χ2n) is 5.08. The molecule has 0 spiro atoms. The highest BCUT2D eigenvalue weighted by molar-refractivity contribution is 9.10. The number of hydrogen-bond acceptors (Lipinski definition) is 3. The van der Waals surface area contributed by atoms with Crippen molar-refractivity contribution in [1.29, 1.82) is 0 Å². The lowest BCUT2D eigenvalue weighted by atomic mass is 9.78. The summed E-state index contributed by atoms with van der Waals surface area (Å²) in [7, 11) is 0. The second kappa shape index (κ2) is 5.63. The van der Waals surface area contributed by atoms with Crippen LogP contribution in [0.1, 0.15) is 31.2 Å². The van der Waals surface area contributed by atoms with E-state index >= 15 is 0 Å². The van der Waals surface area contributed by atoms with Gasteiger partial charge in [-0.2, -0.15) is 5.10 Å². The first kappa shape index (κ1) is 14.5. The van der Waals surface area contributed by atoms with Crippen LogP contribution in [-0.2, 0) is 22.5 Å². The number of aromatic nitrogens is 2. The average molecular weight is 331 g/mol. The van der Waals surface area contributed by atoms with Crippen LogP contribution in [0.4, 0.5) is 0 Å². The van der Waals surface area contributed by atoms with Gasteiger partial charge in [0.1, 0.15) is 0 Å². The summed E-state index contributed by atoms with van der Waals surface area (Å²) in [6, 6.07) is 0. The van der Waals surface area contributed by atoms with Crippen molar-refractivity contribution in [2.24, 2.45) is 5.41 Å². The van der Waals surface area contributed by atoms with Crippen LogP contribution in [0.5, 0.6) is 0 Å². The van der Waals surface area contributed by atoms with Crippen molar-refractivity contribution >= 4 is 21.9 Å². The molecular formula is C13H19BrN2O3. The van der Waals surface area contributed by atoms with E-state index in [4.69, 9.17) is 4.74 Å². The molecule has 1 aliphatic rings. The smallest absolute Gasteiger partial charge is 0.312 e. The molecule has 1 N–H and O–H groups in total. The number of carbonyl (C=O) groups is 1. The van der Waals surface area contributed by atoms with Crippen LogP contribution in [-0.4, -0.2) is 34.1 Å². The summed E-state index contributed by atoms with van der Waals surface area (Å²) >= 11 is 3.52. The zero-order chi connectivity index (χ0) is 14.0. The number of halogens is 1. The fraction of sp³-hybridized carbons (Fsp3) is 0.692. The first-order chi connectivity index (χ1) is 9.00. The Morgan fingerprint density at radius 2 is 2.37 bits per heavy atom. The molecule has 2 rings (SSSR count). The minimum Gasteiger partial charge on any atom is -0.481 e. The number of ether oxygens (including phenoxy) is 1. The third kappa shape index (κ3) is 2.69. The van der Waals surface area contributed by atoms with Gasteiger partial charge in [0.2, 0.25) is 0 Å². The van der Waals surface area contributed by atoms with Gasteiger partial charge in [-0.3, -0.25) is 9.48 Å². The van der Waals surface area contributed by atoms with E-state index in [-0.39, 0.29) is 6.61 Å². The monoisotopic (exact) mass is 330 g/mol. The first-order valence-corrected chi connectivity index (χ1v) is 7.32. The molecule has 1 unspecified atom stereocenters. The molecule has 0 saturated carbocycles. The zero-order valence-corrected chi connectivity index (χ0v) is 12.9. The lowest BCUT2D eigenvalue weighted by Crippen LogP contribution is -2.41. The molecule has 0 radical (unpaired) electrons. The topological polar surface area (TPSA) is 64.4 Å². The van der Waals surface area contributed by atoms with Gasteiger partial charge in [0.05, 0.1) is 27.9 Å². The molecule has 2 heterocycles. The van der Waals surface area contributed by atoms with Gasteiger partial charge in [-0.15, -0.1) is 0 Å². The highest BCUT2D eigenvalue weighted by Crippen LogP contribution is 2.35. The van der Waals surface area contributed by atoms with Crippen molar-refractivity contribution in [2.45, 2.75) is 39.7 Å².